The summed E-state index contributed by atoms with van der Waals surface area (Å²) < 4.78 is 6.57. The molecule has 0 fully saturated rings. The Balaban J connectivity index is 2.31. The third kappa shape index (κ3) is 2.18. The highest BCUT2D eigenvalue weighted by atomic mass is 79.9. The first-order valence-corrected chi connectivity index (χ1v) is 6.51. The first kappa shape index (κ1) is 11.8. The molecule has 0 radical (unpaired) electrons. The van der Waals surface area contributed by atoms with E-state index in [1.165, 1.54) is 16.4 Å². The minimum atomic E-state index is -0.709. The summed E-state index contributed by atoms with van der Waals surface area (Å²) in [6.45, 7) is 2.07. The van der Waals surface area contributed by atoms with Crippen LogP contribution in [-0.4, -0.2) is 19.3 Å². The average molecular weight is 302 g/mol. The number of halogens is 1. The Morgan fingerprint density at radius 3 is 2.88 bits per heavy atom. The Kier molecular flexibility index (Phi) is 3.41. The molecule has 1 atom stereocenters. The van der Waals surface area contributed by atoms with E-state index in [4.69, 9.17) is 0 Å². The van der Waals surface area contributed by atoms with E-state index in [2.05, 4.69) is 32.3 Å². The van der Waals surface area contributed by atoms with Gasteiger partial charge in [-0.25, -0.2) is 0 Å². The van der Waals surface area contributed by atoms with E-state index >= 15 is 0 Å². The second kappa shape index (κ2) is 4.65. The molecule has 4 nitrogen and oxygen atoms in total. The zero-order chi connectivity index (χ0) is 11.7. The minimum Gasteiger partial charge on any atom is -0.382 e. The SMILES string of the molecule is CCc1cc(C(O)c2cn(C)nc2Br)ns1. The number of rotatable bonds is 3. The molecule has 2 heterocycles. The number of hydrogen-bond acceptors (Lipinski definition) is 4. The van der Waals surface area contributed by atoms with Gasteiger partial charge in [-0.05, 0) is 39.9 Å². The molecular formula is C10H12BrN3OS. The van der Waals surface area contributed by atoms with Gasteiger partial charge >= 0.3 is 0 Å². The van der Waals surface area contributed by atoms with E-state index in [1.54, 1.807) is 10.9 Å². The van der Waals surface area contributed by atoms with Crippen LogP contribution in [-0.2, 0) is 13.5 Å². The van der Waals surface area contributed by atoms with E-state index < -0.39 is 6.10 Å². The van der Waals surface area contributed by atoms with Gasteiger partial charge < -0.3 is 5.11 Å². The predicted octanol–water partition coefficient (Wildman–Crippen LogP) is 2.28. The minimum absolute atomic E-state index is 0.661. The second-order valence-corrected chi connectivity index (χ2v) is 5.16. The van der Waals surface area contributed by atoms with E-state index in [1.807, 2.05) is 13.1 Å². The van der Waals surface area contributed by atoms with Crippen molar-refractivity contribution in [2.75, 3.05) is 0 Å². The van der Waals surface area contributed by atoms with E-state index in [-0.39, 0.29) is 0 Å². The molecule has 1 unspecified atom stereocenters. The van der Waals surface area contributed by atoms with Gasteiger partial charge in [-0.2, -0.15) is 9.47 Å². The van der Waals surface area contributed by atoms with Gasteiger partial charge in [0.15, 0.2) is 0 Å². The van der Waals surface area contributed by atoms with Crippen LogP contribution in [0.5, 0.6) is 0 Å². The van der Waals surface area contributed by atoms with Crippen LogP contribution in [0.3, 0.4) is 0 Å². The fourth-order valence-corrected chi connectivity index (χ4v) is 2.69. The van der Waals surface area contributed by atoms with Gasteiger partial charge in [0.2, 0.25) is 0 Å². The largest absolute Gasteiger partial charge is 0.382 e. The fourth-order valence-electron chi connectivity index (χ4n) is 1.45. The van der Waals surface area contributed by atoms with Gasteiger partial charge in [-0.3, -0.25) is 4.68 Å². The third-order valence-electron chi connectivity index (χ3n) is 2.31. The Morgan fingerprint density at radius 1 is 1.62 bits per heavy atom. The topological polar surface area (TPSA) is 50.9 Å². The molecule has 2 rings (SSSR count). The van der Waals surface area contributed by atoms with Crippen LogP contribution in [0.1, 0.15) is 29.2 Å². The maximum Gasteiger partial charge on any atom is 0.134 e. The van der Waals surface area contributed by atoms with Crippen molar-refractivity contribution in [3.63, 3.8) is 0 Å². The van der Waals surface area contributed by atoms with Gasteiger partial charge in [-0.1, -0.05) is 6.92 Å². The molecular weight excluding hydrogens is 290 g/mol. The van der Waals surface area contributed by atoms with Crippen molar-refractivity contribution >= 4 is 27.5 Å². The van der Waals surface area contributed by atoms with Crippen LogP contribution in [0.4, 0.5) is 0 Å². The Bertz CT molecular complexity index is 494. The zero-order valence-electron chi connectivity index (χ0n) is 9.01. The highest BCUT2D eigenvalue weighted by Gasteiger charge is 2.19. The van der Waals surface area contributed by atoms with Crippen molar-refractivity contribution in [2.24, 2.45) is 7.05 Å². The molecule has 0 spiro atoms. The molecule has 0 aliphatic rings. The summed E-state index contributed by atoms with van der Waals surface area (Å²) in [4.78, 5) is 1.18. The molecule has 0 bridgehead atoms. The van der Waals surface area contributed by atoms with Gasteiger partial charge in [-0.15, -0.1) is 0 Å². The monoisotopic (exact) mass is 301 g/mol. The van der Waals surface area contributed by atoms with Crippen LogP contribution < -0.4 is 0 Å². The van der Waals surface area contributed by atoms with Crippen LogP contribution in [0, 0.1) is 0 Å². The average Bonchev–Trinajstić information content (AvgIpc) is 2.84. The standard InChI is InChI=1S/C10H12BrN3OS/c1-3-6-4-8(13-16-6)9(15)7-5-14(2)12-10(7)11/h4-5,9,15H,3H2,1-2H3. The maximum absolute atomic E-state index is 10.2. The van der Waals surface area contributed by atoms with Crippen molar-refractivity contribution in [1.82, 2.24) is 14.2 Å². The molecule has 6 heteroatoms. The summed E-state index contributed by atoms with van der Waals surface area (Å²) >= 11 is 4.76. The molecule has 0 amide bonds. The summed E-state index contributed by atoms with van der Waals surface area (Å²) in [5, 5.41) is 14.3. The quantitative estimate of drug-likeness (QED) is 0.946. The first-order valence-electron chi connectivity index (χ1n) is 4.94. The van der Waals surface area contributed by atoms with Crippen molar-refractivity contribution in [1.29, 1.82) is 0 Å². The Labute approximate surface area is 106 Å². The normalized spacial score (nSPS) is 13.0. The molecule has 0 saturated heterocycles. The predicted molar refractivity (Wildman–Crippen MR) is 66.5 cm³/mol. The maximum atomic E-state index is 10.2. The van der Waals surface area contributed by atoms with E-state index in [0.29, 0.717) is 10.3 Å². The van der Waals surface area contributed by atoms with Gasteiger partial charge in [0.05, 0.1) is 5.69 Å². The summed E-state index contributed by atoms with van der Waals surface area (Å²) in [6, 6.07) is 1.94. The highest BCUT2D eigenvalue weighted by molar-refractivity contribution is 9.10. The molecule has 2 aromatic rings. The molecule has 1 N–H and O–H groups in total. The lowest BCUT2D eigenvalue weighted by atomic mass is 10.1. The number of aliphatic hydroxyl groups excluding tert-OH is 1. The Hall–Kier alpha value is -0.720. The van der Waals surface area contributed by atoms with Crippen LogP contribution in [0.25, 0.3) is 0 Å². The summed E-state index contributed by atoms with van der Waals surface area (Å²) in [5.74, 6) is 0. The van der Waals surface area contributed by atoms with Gasteiger partial charge in [0, 0.05) is 23.7 Å². The van der Waals surface area contributed by atoms with Gasteiger partial charge in [0.1, 0.15) is 10.7 Å². The van der Waals surface area contributed by atoms with Crippen LogP contribution in [0.2, 0.25) is 0 Å². The van der Waals surface area contributed by atoms with Crippen LogP contribution in [0.15, 0.2) is 16.9 Å². The third-order valence-corrected chi connectivity index (χ3v) is 3.87. The van der Waals surface area contributed by atoms with Crippen molar-refractivity contribution < 1.29 is 5.11 Å². The smallest absolute Gasteiger partial charge is 0.134 e. The Morgan fingerprint density at radius 2 is 2.38 bits per heavy atom. The highest BCUT2D eigenvalue weighted by Crippen LogP contribution is 2.28. The number of aromatic nitrogens is 3. The number of nitrogens with zero attached hydrogens (tertiary/aromatic N) is 3. The molecule has 0 aliphatic carbocycles. The second-order valence-electron chi connectivity index (χ2n) is 3.52. The zero-order valence-corrected chi connectivity index (χ0v) is 11.4. The molecule has 0 saturated carbocycles. The number of hydrogen-bond donors (Lipinski definition) is 1. The molecule has 16 heavy (non-hydrogen) atoms. The molecule has 2 aromatic heterocycles. The van der Waals surface area contributed by atoms with Crippen molar-refractivity contribution in [2.45, 2.75) is 19.4 Å². The first-order chi connectivity index (χ1) is 7.61. The summed E-state index contributed by atoms with van der Waals surface area (Å²) in [7, 11) is 1.82. The lowest BCUT2D eigenvalue weighted by Gasteiger charge is -2.04. The van der Waals surface area contributed by atoms with Crippen LogP contribution >= 0.6 is 27.5 Å². The van der Waals surface area contributed by atoms with E-state index in [9.17, 15) is 5.11 Å². The summed E-state index contributed by atoms with van der Waals surface area (Å²) in [6.07, 6.45) is 2.03. The van der Waals surface area contributed by atoms with Crippen molar-refractivity contribution in [3.05, 3.63) is 33.0 Å². The lowest BCUT2D eigenvalue weighted by molar-refractivity contribution is 0.215. The van der Waals surface area contributed by atoms with Gasteiger partial charge in [0.25, 0.3) is 0 Å². The van der Waals surface area contributed by atoms with Crippen molar-refractivity contribution in [3.8, 4) is 0 Å². The molecule has 86 valence electrons. The fraction of sp³-hybridized carbons (Fsp3) is 0.400. The number of aryl methyl sites for hydroxylation is 2. The summed E-state index contributed by atoms with van der Waals surface area (Å²) in [5.41, 5.74) is 1.44. The lowest BCUT2D eigenvalue weighted by Crippen LogP contribution is -1.99. The molecule has 0 aromatic carbocycles. The molecule has 0 aliphatic heterocycles. The van der Waals surface area contributed by atoms with E-state index in [0.717, 1.165) is 12.0 Å². The number of aliphatic hydroxyl groups is 1.